The average molecular weight is 475 g/mol. The van der Waals surface area contributed by atoms with Gasteiger partial charge in [0.25, 0.3) is 0 Å². The van der Waals surface area contributed by atoms with Gasteiger partial charge < -0.3 is 0 Å². The van der Waals surface area contributed by atoms with Gasteiger partial charge in [-0.3, -0.25) is 4.79 Å². The summed E-state index contributed by atoms with van der Waals surface area (Å²) >= 11 is 0. The van der Waals surface area contributed by atoms with Gasteiger partial charge in [-0.2, -0.15) is 0 Å². The maximum atomic E-state index is 11.6. The molecule has 0 N–H and O–H groups in total. The van der Waals surface area contributed by atoms with Crippen molar-refractivity contribution >= 4 is 27.8 Å². The fourth-order valence-electron chi connectivity index (χ4n) is 6.33. The number of carbonyl (C=O) groups excluding carboxylic acids is 1. The minimum absolute atomic E-state index is 0.204. The molecule has 176 valence electrons. The molecular weight excluding hydrogens is 448 g/mol. The molecule has 1 nitrogen and oxygen atoms in total. The minimum Gasteiger partial charge on any atom is -0.298 e. The second-order valence-electron chi connectivity index (χ2n) is 10.5. The van der Waals surface area contributed by atoms with Crippen LogP contribution in [0.5, 0.6) is 0 Å². The quantitative estimate of drug-likeness (QED) is 0.184. The van der Waals surface area contributed by atoms with Crippen LogP contribution in [0, 0.1) is 0 Å². The Morgan fingerprint density at radius 3 is 1.59 bits per heavy atom. The zero-order valence-electron chi connectivity index (χ0n) is 21.0. The third-order valence-corrected chi connectivity index (χ3v) is 8.10. The van der Waals surface area contributed by atoms with E-state index in [9.17, 15) is 4.79 Å². The summed E-state index contributed by atoms with van der Waals surface area (Å²) in [7, 11) is 0. The highest BCUT2D eigenvalue weighted by Gasteiger charge is 2.36. The molecule has 7 rings (SSSR count). The highest BCUT2D eigenvalue weighted by Crippen LogP contribution is 2.53. The predicted molar refractivity (Wildman–Crippen MR) is 155 cm³/mol. The molecule has 1 aliphatic carbocycles. The van der Waals surface area contributed by atoms with Crippen LogP contribution >= 0.6 is 0 Å². The summed E-state index contributed by atoms with van der Waals surface area (Å²) in [6.45, 7) is 4.55. The molecule has 0 aliphatic heterocycles. The standard InChI is InChI=1S/C36H26O/c1-36(2)32-19-23(22-37)17-18-26(32)29-20-30-31(21-33(29)36)35(25-13-7-4-8-14-25)28-16-10-9-15-27(28)34(30)24-11-5-3-6-12-24/h3-22H,1-2H3. The van der Waals surface area contributed by atoms with Crippen molar-refractivity contribution in [2.24, 2.45) is 0 Å². The Labute approximate surface area is 217 Å². The number of hydrogen-bond donors (Lipinski definition) is 0. The fraction of sp³-hybridized carbons (Fsp3) is 0.0833. The van der Waals surface area contributed by atoms with Crippen molar-refractivity contribution in [1.29, 1.82) is 0 Å². The summed E-state index contributed by atoms with van der Waals surface area (Å²) < 4.78 is 0. The van der Waals surface area contributed by atoms with Gasteiger partial charge in [-0.15, -0.1) is 0 Å². The van der Waals surface area contributed by atoms with Gasteiger partial charge in [0.2, 0.25) is 0 Å². The molecule has 0 saturated carbocycles. The first-order valence-corrected chi connectivity index (χ1v) is 12.8. The molecule has 6 aromatic carbocycles. The normalized spacial score (nSPS) is 13.5. The Hall–Kier alpha value is -4.49. The molecule has 1 aliphatic rings. The Kier molecular flexibility index (Phi) is 4.71. The second-order valence-corrected chi connectivity index (χ2v) is 10.5. The zero-order valence-corrected chi connectivity index (χ0v) is 21.0. The van der Waals surface area contributed by atoms with E-state index in [4.69, 9.17) is 0 Å². The Morgan fingerprint density at radius 1 is 0.514 bits per heavy atom. The molecule has 0 spiro atoms. The van der Waals surface area contributed by atoms with Gasteiger partial charge in [-0.1, -0.05) is 111 Å². The summed E-state index contributed by atoms with van der Waals surface area (Å²) in [5, 5.41) is 5.04. The van der Waals surface area contributed by atoms with Crippen LogP contribution in [-0.4, -0.2) is 6.29 Å². The number of carbonyl (C=O) groups is 1. The molecule has 6 aromatic rings. The number of fused-ring (bicyclic) bond motifs is 5. The van der Waals surface area contributed by atoms with E-state index in [2.05, 4.69) is 123 Å². The van der Waals surface area contributed by atoms with E-state index in [1.807, 2.05) is 6.07 Å². The number of rotatable bonds is 3. The SMILES string of the molecule is CC1(C)c2cc(C=O)ccc2-c2cc3c(-c4ccccc4)c4ccccc4c(-c4ccccc4)c3cc21. The molecule has 0 atom stereocenters. The Bertz CT molecular complexity index is 1840. The monoisotopic (exact) mass is 474 g/mol. The van der Waals surface area contributed by atoms with Crippen molar-refractivity contribution in [2.45, 2.75) is 19.3 Å². The topological polar surface area (TPSA) is 17.1 Å². The lowest BCUT2D eigenvalue weighted by molar-refractivity contribution is 0.112. The van der Waals surface area contributed by atoms with Crippen LogP contribution in [-0.2, 0) is 5.41 Å². The van der Waals surface area contributed by atoms with Crippen molar-refractivity contribution in [3.63, 3.8) is 0 Å². The molecule has 0 bridgehead atoms. The van der Waals surface area contributed by atoms with E-state index in [0.717, 1.165) is 11.8 Å². The van der Waals surface area contributed by atoms with Crippen molar-refractivity contribution in [1.82, 2.24) is 0 Å². The molecule has 37 heavy (non-hydrogen) atoms. The first kappa shape index (κ1) is 21.8. The Morgan fingerprint density at radius 2 is 1.03 bits per heavy atom. The fourth-order valence-corrected chi connectivity index (χ4v) is 6.33. The maximum Gasteiger partial charge on any atom is 0.150 e. The van der Waals surface area contributed by atoms with E-state index in [1.165, 1.54) is 66.1 Å². The van der Waals surface area contributed by atoms with Gasteiger partial charge >= 0.3 is 0 Å². The van der Waals surface area contributed by atoms with Crippen molar-refractivity contribution in [3.05, 3.63) is 132 Å². The van der Waals surface area contributed by atoms with E-state index in [0.29, 0.717) is 0 Å². The van der Waals surface area contributed by atoms with Crippen molar-refractivity contribution in [3.8, 4) is 33.4 Å². The molecule has 0 unspecified atom stereocenters. The van der Waals surface area contributed by atoms with Crippen molar-refractivity contribution in [2.75, 3.05) is 0 Å². The largest absolute Gasteiger partial charge is 0.298 e. The molecule has 0 radical (unpaired) electrons. The third kappa shape index (κ3) is 3.14. The molecule has 0 aromatic heterocycles. The van der Waals surface area contributed by atoms with Crippen LogP contribution in [0.25, 0.3) is 54.9 Å². The van der Waals surface area contributed by atoms with Gasteiger partial charge in [0, 0.05) is 11.0 Å². The van der Waals surface area contributed by atoms with Gasteiger partial charge in [0.15, 0.2) is 0 Å². The van der Waals surface area contributed by atoms with Crippen LogP contribution in [0.4, 0.5) is 0 Å². The van der Waals surface area contributed by atoms with Crippen LogP contribution in [0.1, 0.15) is 35.3 Å². The highest BCUT2D eigenvalue weighted by molar-refractivity contribution is 6.22. The maximum absolute atomic E-state index is 11.6. The Balaban J connectivity index is 1.69. The first-order chi connectivity index (χ1) is 18.1. The number of hydrogen-bond acceptors (Lipinski definition) is 1. The second kappa shape index (κ2) is 8.01. The molecule has 1 heteroatoms. The van der Waals surface area contributed by atoms with Gasteiger partial charge in [0.05, 0.1) is 0 Å². The summed E-state index contributed by atoms with van der Waals surface area (Å²) in [4.78, 5) is 11.6. The summed E-state index contributed by atoms with van der Waals surface area (Å²) in [5.41, 5.74) is 10.5. The zero-order chi connectivity index (χ0) is 25.1. The summed E-state index contributed by atoms with van der Waals surface area (Å²) in [5.74, 6) is 0. The van der Waals surface area contributed by atoms with Crippen LogP contribution in [0.3, 0.4) is 0 Å². The first-order valence-electron chi connectivity index (χ1n) is 12.8. The predicted octanol–water partition coefficient (Wildman–Crippen LogP) is 9.45. The van der Waals surface area contributed by atoms with Crippen LogP contribution < -0.4 is 0 Å². The minimum atomic E-state index is -0.204. The lowest BCUT2D eigenvalue weighted by Gasteiger charge is -2.24. The van der Waals surface area contributed by atoms with Crippen LogP contribution in [0.15, 0.2) is 115 Å². The molecule has 0 heterocycles. The average Bonchev–Trinajstić information content (AvgIpc) is 3.16. The van der Waals surface area contributed by atoms with E-state index in [-0.39, 0.29) is 5.41 Å². The highest BCUT2D eigenvalue weighted by atomic mass is 16.1. The lowest BCUT2D eigenvalue weighted by atomic mass is 9.79. The van der Waals surface area contributed by atoms with E-state index < -0.39 is 0 Å². The lowest BCUT2D eigenvalue weighted by Crippen LogP contribution is -2.15. The molecule has 0 amide bonds. The van der Waals surface area contributed by atoms with Crippen LogP contribution in [0.2, 0.25) is 0 Å². The molecular formula is C36H26O. The van der Waals surface area contributed by atoms with E-state index >= 15 is 0 Å². The summed E-state index contributed by atoms with van der Waals surface area (Å²) in [6.07, 6.45) is 0.948. The number of aldehydes is 1. The van der Waals surface area contributed by atoms with Gasteiger partial charge in [0.1, 0.15) is 6.29 Å². The van der Waals surface area contributed by atoms with E-state index in [1.54, 1.807) is 0 Å². The van der Waals surface area contributed by atoms with Gasteiger partial charge in [-0.05, 0) is 84.3 Å². The smallest absolute Gasteiger partial charge is 0.150 e. The van der Waals surface area contributed by atoms with Crippen molar-refractivity contribution < 1.29 is 4.79 Å². The molecule has 0 saturated heterocycles. The third-order valence-electron chi connectivity index (χ3n) is 8.10. The molecule has 0 fully saturated rings. The summed E-state index contributed by atoms with van der Waals surface area (Å²) in [6, 6.07) is 41.2. The van der Waals surface area contributed by atoms with Gasteiger partial charge in [-0.25, -0.2) is 0 Å². The number of benzene rings is 6.